The molecule has 0 spiro atoms. The molecular formula is C66H81F2N19O8. The van der Waals surface area contributed by atoms with Gasteiger partial charge in [-0.3, -0.25) is 47.7 Å². The second kappa shape index (κ2) is 28.9. The number of nitrogens with one attached hydrogen (secondary N) is 4. The van der Waals surface area contributed by atoms with Gasteiger partial charge in [-0.15, -0.1) is 0 Å². The highest BCUT2D eigenvalue weighted by Crippen LogP contribution is 2.41. The number of nitrogens with zero attached hydrogens (tertiary/aromatic N) is 12. The Labute approximate surface area is 548 Å². The first-order valence-electron chi connectivity index (χ1n) is 32.3. The van der Waals surface area contributed by atoms with E-state index in [-0.39, 0.29) is 121 Å². The van der Waals surface area contributed by atoms with Crippen molar-refractivity contribution in [2.75, 3.05) is 68.3 Å². The molecule has 3 aromatic heterocycles. The van der Waals surface area contributed by atoms with Crippen molar-refractivity contribution < 1.29 is 47.4 Å². The van der Waals surface area contributed by atoms with Crippen molar-refractivity contribution in [2.45, 2.75) is 150 Å². The molecule has 4 saturated carbocycles. The molecular weight excluding hydrogens is 1220 g/mol. The summed E-state index contributed by atoms with van der Waals surface area (Å²) in [7, 11) is 0. The molecule has 27 nitrogen and oxygen atoms in total. The van der Waals surface area contributed by atoms with E-state index < -0.39 is 58.4 Å². The summed E-state index contributed by atoms with van der Waals surface area (Å²) in [4.78, 5) is 94.7. The maximum atomic E-state index is 13.0. The first kappa shape index (κ1) is 68.2. The molecule has 4 aliphatic carbocycles. The van der Waals surface area contributed by atoms with Gasteiger partial charge in [-0.25, -0.2) is 20.1 Å². The normalized spacial score (nSPS) is 20.1. The van der Waals surface area contributed by atoms with Crippen LogP contribution in [0.2, 0.25) is 0 Å². The van der Waals surface area contributed by atoms with Crippen LogP contribution >= 0.6 is 0 Å². The van der Waals surface area contributed by atoms with Crippen LogP contribution in [-0.4, -0.2) is 155 Å². The van der Waals surface area contributed by atoms with Crippen LogP contribution in [0.1, 0.15) is 164 Å². The lowest BCUT2D eigenvalue weighted by Crippen LogP contribution is -2.56. The van der Waals surface area contributed by atoms with Crippen LogP contribution in [-0.2, 0) is 31.0 Å². The summed E-state index contributed by atoms with van der Waals surface area (Å²) in [6.07, 6.45) is 12.0. The number of urea groups is 1. The van der Waals surface area contributed by atoms with Gasteiger partial charge in [0.15, 0.2) is 17.5 Å². The Kier molecular flexibility index (Phi) is 20.8. The summed E-state index contributed by atoms with van der Waals surface area (Å²) in [6.45, 7) is 14.0. The third-order valence-corrected chi connectivity index (χ3v) is 19.5. The number of piperidine rings is 3. The summed E-state index contributed by atoms with van der Waals surface area (Å²) in [5.41, 5.74) is 17.2. The second-order valence-electron chi connectivity index (χ2n) is 26.3. The number of nitrogens with two attached hydrogens (primary N) is 3. The van der Waals surface area contributed by atoms with E-state index in [4.69, 9.17) is 23.8 Å². The predicted molar refractivity (Wildman–Crippen MR) is 342 cm³/mol. The largest absolute Gasteiger partial charge is 0.387 e. The van der Waals surface area contributed by atoms with Crippen molar-refractivity contribution in [3.8, 4) is 12.1 Å². The molecule has 12 rings (SSSR count). The lowest BCUT2D eigenvalue weighted by Gasteiger charge is -2.42. The third-order valence-electron chi connectivity index (χ3n) is 19.5. The zero-order chi connectivity index (χ0) is 67.8. The Morgan fingerprint density at radius 2 is 0.989 bits per heavy atom. The highest BCUT2D eigenvalue weighted by Gasteiger charge is 2.48. The van der Waals surface area contributed by atoms with Crippen LogP contribution in [0.15, 0.2) is 79.3 Å². The van der Waals surface area contributed by atoms with Gasteiger partial charge in [0.05, 0.1) is 42.2 Å². The minimum absolute atomic E-state index is 0.00853. The number of halogens is 2. The van der Waals surface area contributed by atoms with Crippen LogP contribution in [0.5, 0.6) is 0 Å². The zero-order valence-electron chi connectivity index (χ0n) is 53.1. The number of benzene rings is 2. The van der Waals surface area contributed by atoms with Crippen molar-refractivity contribution >= 4 is 58.9 Å². The van der Waals surface area contributed by atoms with Gasteiger partial charge >= 0.3 is 6.03 Å². The molecule has 502 valence electrons. The number of amides is 8. The molecule has 2 atom stereocenters. The van der Waals surface area contributed by atoms with Crippen LogP contribution in [0.25, 0.3) is 4.85 Å². The first-order valence-corrected chi connectivity index (χ1v) is 32.3. The van der Waals surface area contributed by atoms with E-state index in [2.05, 4.69) is 82.4 Å². The van der Waals surface area contributed by atoms with E-state index in [0.717, 1.165) is 70.0 Å². The number of carbonyl (C=O) groups is 7. The minimum Gasteiger partial charge on any atom is -0.387 e. The number of alkyl halides is 2. The number of hydrogen-bond donors (Lipinski definition) is 8. The van der Waals surface area contributed by atoms with E-state index in [1.165, 1.54) is 21.3 Å². The number of anilines is 3. The molecule has 3 aliphatic heterocycles. The number of nitriles is 2. The summed E-state index contributed by atoms with van der Waals surface area (Å²) in [5.74, 6) is -4.97. The summed E-state index contributed by atoms with van der Waals surface area (Å²) >= 11 is 0. The van der Waals surface area contributed by atoms with Gasteiger partial charge in [-0.2, -0.15) is 25.8 Å². The number of β-amino-alcohol motifs (C(OH)–C–C–N with tert-alkyl or cyclic N) is 1. The molecule has 2 unspecified atom stereocenters. The number of primary amides is 3. The molecule has 29 heteroatoms. The van der Waals surface area contributed by atoms with Gasteiger partial charge in [0.1, 0.15) is 22.2 Å². The monoisotopic (exact) mass is 1310 g/mol. The lowest BCUT2D eigenvalue weighted by molar-refractivity contribution is -0.118. The van der Waals surface area contributed by atoms with E-state index in [1.807, 2.05) is 48.5 Å². The minimum atomic E-state index is -2.72. The van der Waals surface area contributed by atoms with Gasteiger partial charge < -0.3 is 58.2 Å². The number of rotatable bonds is 21. The van der Waals surface area contributed by atoms with Crippen LogP contribution in [0, 0.1) is 47.0 Å². The molecule has 0 radical (unpaired) electrons. The predicted octanol–water partition coefficient (Wildman–Crippen LogP) is 6.11. The molecule has 0 bridgehead atoms. The summed E-state index contributed by atoms with van der Waals surface area (Å²) in [6, 6.07) is 23.6. The molecule has 3 saturated heterocycles. The second-order valence-corrected chi connectivity index (χ2v) is 26.3. The fourth-order valence-corrected chi connectivity index (χ4v) is 12.8. The molecule has 2 aromatic carbocycles. The van der Waals surface area contributed by atoms with E-state index in [1.54, 1.807) is 21.8 Å². The summed E-state index contributed by atoms with van der Waals surface area (Å²) in [5, 5.41) is 53.7. The maximum absolute atomic E-state index is 13.0. The van der Waals surface area contributed by atoms with Gasteiger partial charge in [0.2, 0.25) is 24.3 Å². The van der Waals surface area contributed by atoms with Crippen LogP contribution in [0.3, 0.4) is 0 Å². The number of aromatic nitrogens is 6. The van der Waals surface area contributed by atoms with E-state index >= 15 is 0 Å². The van der Waals surface area contributed by atoms with Gasteiger partial charge in [0.25, 0.3) is 23.6 Å². The molecule has 11 N–H and O–H groups in total. The third kappa shape index (κ3) is 16.3. The van der Waals surface area contributed by atoms with E-state index in [9.17, 15) is 58.0 Å². The van der Waals surface area contributed by atoms with Crippen molar-refractivity contribution in [2.24, 2.45) is 35.0 Å². The molecule has 95 heavy (non-hydrogen) atoms. The molecule has 6 heterocycles. The fraction of sp³-hybridized carbons (Fsp3) is 0.530. The average molecular weight is 1310 g/mol. The van der Waals surface area contributed by atoms with Gasteiger partial charge in [-0.05, 0) is 95.1 Å². The first-order chi connectivity index (χ1) is 45.5. The highest BCUT2D eigenvalue weighted by molar-refractivity contribution is 6.04. The SMILES string of the molecule is N#CCC1(n2cc(C(N)=O)c(NC(=O)C3CC3)n2)CCN(C(=O)NC2CC(F)(F)C2)CC1.N#CCC1(n2cc(C(N)=O)c(NC(=O)C3CC3)n2)CCN(CC(O)c2ccccc2)CC1.[C-]#[N+]CC1(n2cc(C(N)=O)c(NC(=O)C3CC3)n2)CCN(C(C)c2ccccc2)CC1. The Hall–Kier alpha value is -9.63. The smallest absolute Gasteiger partial charge is 0.317 e. The Morgan fingerprint density at radius 1 is 0.611 bits per heavy atom. The molecule has 7 fully saturated rings. The Morgan fingerprint density at radius 3 is 1.36 bits per heavy atom. The molecule has 5 aromatic rings. The number of likely N-dealkylation sites (tertiary alicyclic amines) is 3. The van der Waals surface area contributed by atoms with Gasteiger partial charge in [-0.1, -0.05) is 60.7 Å². The maximum Gasteiger partial charge on any atom is 0.317 e. The fourth-order valence-electron chi connectivity index (χ4n) is 12.8. The average Bonchev–Trinajstić information content (AvgIpc) is 1.74. The Bertz CT molecular complexity index is 3750. The molecule has 8 amide bonds. The highest BCUT2D eigenvalue weighted by atomic mass is 19.3. The van der Waals surface area contributed by atoms with Crippen molar-refractivity contribution in [1.29, 1.82) is 10.5 Å². The van der Waals surface area contributed by atoms with Crippen LogP contribution in [0.4, 0.5) is 31.0 Å². The van der Waals surface area contributed by atoms with Crippen molar-refractivity contribution in [3.63, 3.8) is 0 Å². The standard InChI is InChI=1S/C23H28N6O3.C23H28N6O2.C20H25F2N7O3/c24-11-8-23(9-12-28(13-10-23)15-19(30)16-4-2-1-3-5-16)29-14-18(20(25)31)21(27-29)26-22(32)17-6-7-17;1-16(17-6-4-3-5-7-17)28-12-10-23(11-13-28,15-25-2)29-14-19(20(24)30)21(27-29)26-22(31)18-8-9-18;21-20(22)9-13(10-20)25-18(32)28-7-4-19(3-6-23,5-8-28)29-11-14(15(24)30)16(27-29)26-17(31)12-1-2-12/h1-5,14,17,19,30H,6-10,12-13,15H2,(H2,25,31)(H,26,27,32);3-7,14,16,18H,8-13,15H2,1H3,(H2,24,30)(H,26,27,31);11-13H,1-5,7-10H2,(H2,24,30)(H,25,32)(H,26,27,31). The van der Waals surface area contributed by atoms with Gasteiger partial charge in [0, 0.05) is 107 Å². The lowest BCUT2D eigenvalue weighted by atomic mass is 9.84. The topological polar surface area (TPSA) is 381 Å². The number of carbonyl (C=O) groups excluding carboxylic acids is 7. The van der Waals surface area contributed by atoms with Crippen molar-refractivity contribution in [1.82, 2.24) is 49.4 Å². The quantitative estimate of drug-likeness (QED) is 0.0384. The summed E-state index contributed by atoms with van der Waals surface area (Å²) < 4.78 is 30.9. The number of aliphatic hydroxyl groups is 1. The Balaban J connectivity index is 0.000000155. The molecule has 7 aliphatic rings. The van der Waals surface area contributed by atoms with Crippen molar-refractivity contribution in [3.05, 3.63) is 118 Å². The zero-order valence-corrected chi connectivity index (χ0v) is 53.1. The number of hydrogen-bond acceptors (Lipinski definition) is 15. The van der Waals surface area contributed by atoms with Crippen LogP contribution < -0.4 is 38.5 Å². The van der Waals surface area contributed by atoms with E-state index in [0.29, 0.717) is 45.3 Å². The number of aliphatic hydroxyl groups excluding tert-OH is 1.